The molecule has 0 saturated carbocycles. The van der Waals surface area contributed by atoms with Gasteiger partial charge in [0.15, 0.2) is 0 Å². The van der Waals surface area contributed by atoms with E-state index in [1.165, 1.54) is 11.1 Å². The molecule has 2 nitrogen and oxygen atoms in total. The van der Waals surface area contributed by atoms with E-state index in [-0.39, 0.29) is 10.8 Å². The topological polar surface area (TPSA) is 18.5 Å². The highest BCUT2D eigenvalue weighted by molar-refractivity contribution is 5.24. The normalized spacial score (nSPS) is 12.4. The van der Waals surface area contributed by atoms with Gasteiger partial charge < -0.3 is 0 Å². The van der Waals surface area contributed by atoms with Gasteiger partial charge in [0, 0.05) is 10.8 Å². The van der Waals surface area contributed by atoms with Crippen molar-refractivity contribution in [2.45, 2.75) is 38.5 Å². The number of rotatable bonds is 7. The van der Waals surface area contributed by atoms with Gasteiger partial charge in [0.05, 0.1) is 13.2 Å². The maximum atomic E-state index is 5.51. The zero-order chi connectivity index (χ0) is 16.1. The van der Waals surface area contributed by atoms with E-state index >= 15 is 0 Å². The summed E-state index contributed by atoms with van der Waals surface area (Å²) in [5, 5.41) is 0. The van der Waals surface area contributed by atoms with E-state index in [1.807, 2.05) is 12.1 Å². The molecule has 0 aliphatic heterocycles. The van der Waals surface area contributed by atoms with E-state index in [9.17, 15) is 0 Å². The van der Waals surface area contributed by atoms with Gasteiger partial charge in [0.25, 0.3) is 0 Å². The lowest BCUT2D eigenvalue weighted by molar-refractivity contribution is -0.309. The van der Waals surface area contributed by atoms with Crippen molar-refractivity contribution >= 4 is 0 Å². The highest BCUT2D eigenvalue weighted by Gasteiger charge is 2.24. The van der Waals surface area contributed by atoms with Crippen LogP contribution < -0.4 is 0 Å². The minimum atomic E-state index is -0.0713. The monoisotopic (exact) mass is 298 g/mol. The van der Waals surface area contributed by atoms with Crippen LogP contribution in [-0.2, 0) is 20.6 Å². The quantitative estimate of drug-likeness (QED) is 0.411. The molecular formula is C20H26O2. The second kappa shape index (κ2) is 7.08. The highest BCUT2D eigenvalue weighted by Crippen LogP contribution is 2.25. The Morgan fingerprint density at radius 2 is 0.909 bits per heavy atom. The average molecular weight is 298 g/mol. The summed E-state index contributed by atoms with van der Waals surface area (Å²) in [7, 11) is 0. The second-order valence-corrected chi connectivity index (χ2v) is 7.02. The standard InChI is InChI=1S/C20H26O2/c1-19(2,17-11-7-5-8-12-17)15-21-22-16-20(3,4)18-13-9-6-10-14-18/h5-14H,15-16H2,1-4H3. The molecule has 2 aromatic rings. The summed E-state index contributed by atoms with van der Waals surface area (Å²) in [6, 6.07) is 20.8. The first-order chi connectivity index (χ1) is 10.4. The molecule has 0 aliphatic carbocycles. The van der Waals surface area contributed by atoms with Gasteiger partial charge in [-0.25, -0.2) is 9.78 Å². The molecule has 2 heteroatoms. The fourth-order valence-corrected chi connectivity index (χ4v) is 2.32. The predicted octanol–water partition coefficient (Wildman–Crippen LogP) is 4.89. The Morgan fingerprint density at radius 1 is 0.591 bits per heavy atom. The number of hydrogen-bond acceptors (Lipinski definition) is 2. The van der Waals surface area contributed by atoms with Crippen molar-refractivity contribution in [1.29, 1.82) is 0 Å². The molecule has 0 N–H and O–H groups in total. The van der Waals surface area contributed by atoms with E-state index in [2.05, 4.69) is 76.2 Å². The zero-order valence-electron chi connectivity index (χ0n) is 14.0. The first-order valence-electron chi connectivity index (χ1n) is 7.77. The second-order valence-electron chi connectivity index (χ2n) is 7.02. The van der Waals surface area contributed by atoms with Gasteiger partial charge in [-0.1, -0.05) is 88.4 Å². The molecule has 0 saturated heterocycles. The Labute approximate surface area is 134 Å². The molecule has 0 unspecified atom stereocenters. The van der Waals surface area contributed by atoms with E-state index in [0.29, 0.717) is 13.2 Å². The van der Waals surface area contributed by atoms with E-state index in [0.717, 1.165) is 0 Å². The van der Waals surface area contributed by atoms with Crippen molar-refractivity contribution in [2.75, 3.05) is 13.2 Å². The molecule has 0 aliphatic rings. The van der Waals surface area contributed by atoms with Crippen LogP contribution in [0.3, 0.4) is 0 Å². The summed E-state index contributed by atoms with van der Waals surface area (Å²) in [5.41, 5.74) is 2.36. The Kier molecular flexibility index (Phi) is 5.38. The third-order valence-electron chi connectivity index (χ3n) is 4.03. The van der Waals surface area contributed by atoms with Crippen LogP contribution in [0.4, 0.5) is 0 Å². The lowest BCUT2D eigenvalue weighted by Gasteiger charge is -2.27. The number of hydrogen-bond donors (Lipinski definition) is 0. The van der Waals surface area contributed by atoms with Crippen molar-refractivity contribution < 1.29 is 9.78 Å². The predicted molar refractivity (Wildman–Crippen MR) is 90.8 cm³/mol. The summed E-state index contributed by atoms with van der Waals surface area (Å²) >= 11 is 0. The van der Waals surface area contributed by atoms with Crippen molar-refractivity contribution in [2.24, 2.45) is 0 Å². The Morgan fingerprint density at radius 3 is 1.23 bits per heavy atom. The van der Waals surface area contributed by atoms with Gasteiger partial charge in [-0.2, -0.15) is 0 Å². The maximum Gasteiger partial charge on any atom is 0.0913 e. The molecule has 2 aromatic carbocycles. The molecule has 0 fully saturated rings. The van der Waals surface area contributed by atoms with Gasteiger partial charge in [0.2, 0.25) is 0 Å². The molecular weight excluding hydrogens is 272 g/mol. The molecule has 0 aromatic heterocycles. The number of benzene rings is 2. The van der Waals surface area contributed by atoms with Gasteiger partial charge in [-0.3, -0.25) is 0 Å². The lowest BCUT2D eigenvalue weighted by atomic mass is 9.85. The van der Waals surface area contributed by atoms with Crippen LogP contribution in [0.2, 0.25) is 0 Å². The first kappa shape index (κ1) is 16.7. The van der Waals surface area contributed by atoms with Gasteiger partial charge in [-0.15, -0.1) is 0 Å². The van der Waals surface area contributed by atoms with Crippen LogP contribution in [0.5, 0.6) is 0 Å². The highest BCUT2D eigenvalue weighted by atomic mass is 17.2. The third-order valence-corrected chi connectivity index (χ3v) is 4.03. The third kappa shape index (κ3) is 4.43. The SMILES string of the molecule is CC(C)(COOCC(C)(C)c1ccccc1)c1ccccc1. The molecule has 0 radical (unpaired) electrons. The Balaban J connectivity index is 1.84. The first-order valence-corrected chi connectivity index (χ1v) is 7.77. The van der Waals surface area contributed by atoms with Crippen molar-refractivity contribution in [3.63, 3.8) is 0 Å². The summed E-state index contributed by atoms with van der Waals surface area (Å²) in [6.07, 6.45) is 0. The van der Waals surface area contributed by atoms with Crippen molar-refractivity contribution in [3.05, 3.63) is 71.8 Å². The summed E-state index contributed by atoms with van der Waals surface area (Å²) < 4.78 is 0. The molecule has 118 valence electrons. The van der Waals surface area contributed by atoms with Gasteiger partial charge in [0.1, 0.15) is 0 Å². The van der Waals surface area contributed by atoms with Gasteiger partial charge in [-0.05, 0) is 11.1 Å². The summed E-state index contributed by atoms with van der Waals surface area (Å²) in [4.78, 5) is 11.0. The van der Waals surface area contributed by atoms with Crippen LogP contribution in [-0.4, -0.2) is 13.2 Å². The molecule has 0 amide bonds. The Bertz CT molecular complexity index is 505. The average Bonchev–Trinajstić information content (AvgIpc) is 2.53. The molecule has 0 bridgehead atoms. The molecule has 0 heterocycles. The van der Waals surface area contributed by atoms with E-state index < -0.39 is 0 Å². The van der Waals surface area contributed by atoms with E-state index in [1.54, 1.807) is 0 Å². The minimum absolute atomic E-state index is 0.0713. The largest absolute Gasteiger partial charge is 0.236 e. The molecule has 0 atom stereocenters. The van der Waals surface area contributed by atoms with Gasteiger partial charge >= 0.3 is 0 Å². The Hall–Kier alpha value is -1.64. The van der Waals surface area contributed by atoms with Crippen LogP contribution in [0.25, 0.3) is 0 Å². The lowest BCUT2D eigenvalue weighted by Crippen LogP contribution is -2.28. The maximum absolute atomic E-state index is 5.51. The van der Waals surface area contributed by atoms with Crippen LogP contribution in [0.1, 0.15) is 38.8 Å². The summed E-state index contributed by atoms with van der Waals surface area (Å²) in [5.74, 6) is 0. The smallest absolute Gasteiger partial charge is 0.0913 e. The molecule has 0 spiro atoms. The molecule has 22 heavy (non-hydrogen) atoms. The fourth-order valence-electron chi connectivity index (χ4n) is 2.32. The zero-order valence-corrected chi connectivity index (χ0v) is 14.0. The summed E-state index contributed by atoms with van der Waals surface area (Å²) in [6.45, 7) is 9.70. The fraction of sp³-hybridized carbons (Fsp3) is 0.400. The molecule has 2 rings (SSSR count). The van der Waals surface area contributed by atoms with Crippen molar-refractivity contribution in [3.8, 4) is 0 Å². The van der Waals surface area contributed by atoms with Crippen LogP contribution in [0, 0.1) is 0 Å². The minimum Gasteiger partial charge on any atom is -0.236 e. The van der Waals surface area contributed by atoms with Crippen LogP contribution >= 0.6 is 0 Å². The van der Waals surface area contributed by atoms with E-state index in [4.69, 9.17) is 9.78 Å². The van der Waals surface area contributed by atoms with Crippen molar-refractivity contribution in [1.82, 2.24) is 0 Å². The van der Waals surface area contributed by atoms with Crippen LogP contribution in [0.15, 0.2) is 60.7 Å².